The lowest BCUT2D eigenvalue weighted by molar-refractivity contribution is -0.154. The van der Waals surface area contributed by atoms with Crippen LogP contribution in [0.2, 0.25) is 0 Å². The third-order valence-corrected chi connectivity index (χ3v) is 3.64. The first-order valence-electron chi connectivity index (χ1n) is 8.25. The molecule has 0 radical (unpaired) electrons. The molecular weight excluding hydrogens is 310 g/mol. The van der Waals surface area contributed by atoms with Gasteiger partial charge in [0.1, 0.15) is 5.75 Å². The summed E-state index contributed by atoms with van der Waals surface area (Å²) >= 11 is 0. The van der Waals surface area contributed by atoms with Gasteiger partial charge in [-0.3, -0.25) is 14.4 Å². The van der Waals surface area contributed by atoms with E-state index < -0.39 is 12.1 Å². The van der Waals surface area contributed by atoms with E-state index in [4.69, 9.17) is 9.47 Å². The Bertz CT molecular complexity index is 592. The van der Waals surface area contributed by atoms with Gasteiger partial charge in [-0.25, -0.2) is 0 Å². The van der Waals surface area contributed by atoms with Crippen LogP contribution in [-0.2, 0) is 14.3 Å². The SMILES string of the molecule is CCOc1ccc(C(=O)CCC(=O)O[C@H](C)C(=O)NC2CC2)cc1. The summed E-state index contributed by atoms with van der Waals surface area (Å²) in [6.45, 7) is 3.98. The molecule has 0 heterocycles. The van der Waals surface area contributed by atoms with E-state index in [2.05, 4.69) is 5.32 Å². The van der Waals surface area contributed by atoms with E-state index in [0.29, 0.717) is 17.9 Å². The summed E-state index contributed by atoms with van der Waals surface area (Å²) in [4.78, 5) is 35.5. The molecule has 1 aliphatic carbocycles. The van der Waals surface area contributed by atoms with Gasteiger partial charge in [-0.1, -0.05) is 0 Å². The molecule has 1 aromatic carbocycles. The van der Waals surface area contributed by atoms with Crippen molar-refractivity contribution in [2.24, 2.45) is 0 Å². The van der Waals surface area contributed by atoms with Gasteiger partial charge in [0.05, 0.1) is 13.0 Å². The van der Waals surface area contributed by atoms with Crippen LogP contribution in [0.4, 0.5) is 0 Å². The number of benzene rings is 1. The maximum Gasteiger partial charge on any atom is 0.307 e. The van der Waals surface area contributed by atoms with Crippen molar-refractivity contribution in [3.05, 3.63) is 29.8 Å². The number of amides is 1. The van der Waals surface area contributed by atoms with Crippen molar-refractivity contribution in [3.8, 4) is 5.75 Å². The van der Waals surface area contributed by atoms with E-state index in [9.17, 15) is 14.4 Å². The maximum absolute atomic E-state index is 12.1. The zero-order chi connectivity index (χ0) is 17.5. The Balaban J connectivity index is 1.73. The lowest BCUT2D eigenvalue weighted by atomic mass is 10.1. The molecule has 1 saturated carbocycles. The molecular formula is C18H23NO5. The number of carbonyl (C=O) groups excluding carboxylic acids is 3. The van der Waals surface area contributed by atoms with Crippen molar-refractivity contribution in [1.29, 1.82) is 0 Å². The van der Waals surface area contributed by atoms with E-state index in [0.717, 1.165) is 12.8 Å². The van der Waals surface area contributed by atoms with Crippen molar-refractivity contribution in [1.82, 2.24) is 5.32 Å². The van der Waals surface area contributed by atoms with Gasteiger partial charge in [-0.15, -0.1) is 0 Å². The average Bonchev–Trinajstić information content (AvgIpc) is 3.37. The van der Waals surface area contributed by atoms with Crippen molar-refractivity contribution < 1.29 is 23.9 Å². The second-order valence-corrected chi connectivity index (χ2v) is 5.80. The number of esters is 1. The van der Waals surface area contributed by atoms with E-state index in [1.54, 1.807) is 24.3 Å². The number of Topliss-reactive ketones (excluding diaryl/α,β-unsaturated/α-hetero) is 1. The number of hydrogen-bond acceptors (Lipinski definition) is 5. The monoisotopic (exact) mass is 333 g/mol. The Morgan fingerprint density at radius 1 is 1.17 bits per heavy atom. The number of nitrogens with one attached hydrogen (secondary N) is 1. The lowest BCUT2D eigenvalue weighted by Crippen LogP contribution is -2.37. The highest BCUT2D eigenvalue weighted by Crippen LogP contribution is 2.19. The van der Waals surface area contributed by atoms with Crippen LogP contribution >= 0.6 is 0 Å². The fraction of sp³-hybridized carbons (Fsp3) is 0.500. The van der Waals surface area contributed by atoms with E-state index in [1.165, 1.54) is 6.92 Å². The molecule has 0 bridgehead atoms. The summed E-state index contributed by atoms with van der Waals surface area (Å²) in [5, 5.41) is 2.77. The van der Waals surface area contributed by atoms with Gasteiger partial charge < -0.3 is 14.8 Å². The van der Waals surface area contributed by atoms with Crippen LogP contribution in [0.1, 0.15) is 49.9 Å². The summed E-state index contributed by atoms with van der Waals surface area (Å²) in [6.07, 6.45) is 1.11. The van der Waals surface area contributed by atoms with Crippen LogP contribution in [-0.4, -0.2) is 36.4 Å². The van der Waals surface area contributed by atoms with Gasteiger partial charge in [0.25, 0.3) is 5.91 Å². The number of carbonyl (C=O) groups is 3. The van der Waals surface area contributed by atoms with Crippen LogP contribution in [0.25, 0.3) is 0 Å². The Hall–Kier alpha value is -2.37. The molecule has 0 spiro atoms. The molecule has 0 aromatic heterocycles. The maximum atomic E-state index is 12.1. The molecule has 6 heteroatoms. The minimum absolute atomic E-state index is 0.0454. The zero-order valence-corrected chi connectivity index (χ0v) is 14.0. The highest BCUT2D eigenvalue weighted by atomic mass is 16.5. The summed E-state index contributed by atoms with van der Waals surface area (Å²) in [5.41, 5.74) is 0.519. The third kappa shape index (κ3) is 5.68. The normalized spacial score (nSPS) is 14.6. The Labute approximate surface area is 141 Å². The summed E-state index contributed by atoms with van der Waals surface area (Å²) in [5.74, 6) is -0.287. The lowest BCUT2D eigenvalue weighted by Gasteiger charge is -2.13. The summed E-state index contributed by atoms with van der Waals surface area (Å²) in [7, 11) is 0. The minimum Gasteiger partial charge on any atom is -0.494 e. The zero-order valence-electron chi connectivity index (χ0n) is 14.0. The quantitative estimate of drug-likeness (QED) is 0.554. The van der Waals surface area contributed by atoms with Crippen molar-refractivity contribution in [3.63, 3.8) is 0 Å². The third-order valence-electron chi connectivity index (χ3n) is 3.64. The van der Waals surface area contributed by atoms with Crippen LogP contribution < -0.4 is 10.1 Å². The minimum atomic E-state index is -0.835. The fourth-order valence-corrected chi connectivity index (χ4v) is 2.12. The van der Waals surface area contributed by atoms with Gasteiger partial charge >= 0.3 is 5.97 Å². The smallest absolute Gasteiger partial charge is 0.307 e. The molecule has 0 saturated heterocycles. The summed E-state index contributed by atoms with van der Waals surface area (Å²) < 4.78 is 10.4. The topological polar surface area (TPSA) is 81.7 Å². The molecule has 24 heavy (non-hydrogen) atoms. The second-order valence-electron chi connectivity index (χ2n) is 5.80. The Morgan fingerprint density at radius 2 is 1.83 bits per heavy atom. The number of hydrogen-bond donors (Lipinski definition) is 1. The Kier molecular flexibility index (Phi) is 6.35. The first kappa shape index (κ1) is 18.0. The predicted octanol–water partition coefficient (Wildman–Crippen LogP) is 2.26. The molecule has 1 fully saturated rings. The van der Waals surface area contributed by atoms with Gasteiger partial charge in [0, 0.05) is 18.0 Å². The van der Waals surface area contributed by atoms with Crippen LogP contribution in [0.3, 0.4) is 0 Å². The van der Waals surface area contributed by atoms with Gasteiger partial charge in [-0.05, 0) is 51.0 Å². The highest BCUT2D eigenvalue weighted by molar-refractivity contribution is 5.97. The fourth-order valence-electron chi connectivity index (χ4n) is 2.12. The molecule has 2 rings (SSSR count). The van der Waals surface area contributed by atoms with Gasteiger partial charge in [0.15, 0.2) is 11.9 Å². The van der Waals surface area contributed by atoms with E-state index in [1.807, 2.05) is 6.92 Å². The molecule has 1 atom stereocenters. The van der Waals surface area contributed by atoms with Crippen molar-refractivity contribution >= 4 is 17.7 Å². The van der Waals surface area contributed by atoms with Crippen LogP contribution in [0, 0.1) is 0 Å². The highest BCUT2D eigenvalue weighted by Gasteiger charge is 2.27. The average molecular weight is 333 g/mol. The van der Waals surface area contributed by atoms with Crippen molar-refractivity contribution in [2.45, 2.75) is 51.7 Å². The standard InChI is InChI=1S/C18H23NO5/c1-3-23-15-8-4-13(5-9-15)16(20)10-11-17(21)24-12(2)18(22)19-14-6-7-14/h4-5,8-9,12,14H,3,6-7,10-11H2,1-2H3,(H,19,22)/t12-/m1/s1. The number of rotatable bonds is 9. The summed E-state index contributed by atoms with van der Waals surface area (Å²) in [6, 6.07) is 7.01. The molecule has 130 valence electrons. The molecule has 1 amide bonds. The molecule has 1 N–H and O–H groups in total. The second kappa shape index (κ2) is 8.47. The molecule has 0 unspecified atom stereocenters. The van der Waals surface area contributed by atoms with Gasteiger partial charge in [0.2, 0.25) is 0 Å². The first-order chi connectivity index (χ1) is 11.5. The van der Waals surface area contributed by atoms with E-state index in [-0.39, 0.29) is 30.6 Å². The first-order valence-corrected chi connectivity index (χ1v) is 8.25. The molecule has 6 nitrogen and oxygen atoms in total. The largest absolute Gasteiger partial charge is 0.494 e. The number of ether oxygens (including phenoxy) is 2. The number of ketones is 1. The Morgan fingerprint density at radius 3 is 2.42 bits per heavy atom. The van der Waals surface area contributed by atoms with Gasteiger partial charge in [-0.2, -0.15) is 0 Å². The van der Waals surface area contributed by atoms with Crippen LogP contribution in [0.15, 0.2) is 24.3 Å². The molecule has 1 aliphatic rings. The van der Waals surface area contributed by atoms with Crippen molar-refractivity contribution in [2.75, 3.05) is 6.61 Å². The molecule has 0 aliphatic heterocycles. The predicted molar refractivity (Wildman–Crippen MR) is 87.9 cm³/mol. The molecule has 1 aromatic rings. The van der Waals surface area contributed by atoms with E-state index >= 15 is 0 Å². The van der Waals surface area contributed by atoms with Crippen LogP contribution in [0.5, 0.6) is 5.75 Å².